The number of guanidine groups is 1. The van der Waals surface area contributed by atoms with Crippen LogP contribution in [0.5, 0.6) is 11.5 Å². The molecule has 3 fully saturated rings. The molecular formula is C25H39IN4O3. The number of aliphatic imine (C=N–C) groups is 1. The third-order valence-corrected chi connectivity index (χ3v) is 7.05. The number of carbonyl (C=O) groups excluding carboxylic acids is 1. The maximum absolute atomic E-state index is 12.7. The number of amides is 1. The lowest BCUT2D eigenvalue weighted by atomic mass is 10.1. The molecule has 1 amide bonds. The molecule has 1 atom stereocenters. The van der Waals surface area contributed by atoms with Crippen LogP contribution in [0.1, 0.15) is 63.4 Å². The molecule has 2 N–H and O–H groups in total. The fourth-order valence-corrected chi connectivity index (χ4v) is 5.19. The van der Waals surface area contributed by atoms with Crippen LogP contribution in [0.2, 0.25) is 0 Å². The van der Waals surface area contributed by atoms with Gasteiger partial charge in [0.2, 0.25) is 5.91 Å². The Morgan fingerprint density at radius 2 is 1.82 bits per heavy atom. The van der Waals surface area contributed by atoms with Gasteiger partial charge in [-0.15, -0.1) is 24.0 Å². The van der Waals surface area contributed by atoms with Crippen molar-refractivity contribution in [3.05, 3.63) is 23.8 Å². The second kappa shape index (κ2) is 12.7. The van der Waals surface area contributed by atoms with E-state index in [9.17, 15) is 4.79 Å². The van der Waals surface area contributed by atoms with Gasteiger partial charge in [-0.3, -0.25) is 9.79 Å². The van der Waals surface area contributed by atoms with Gasteiger partial charge in [-0.05, 0) is 62.6 Å². The van der Waals surface area contributed by atoms with Gasteiger partial charge in [-0.2, -0.15) is 0 Å². The van der Waals surface area contributed by atoms with Gasteiger partial charge < -0.3 is 25.0 Å². The Morgan fingerprint density at radius 1 is 1.09 bits per heavy atom. The van der Waals surface area contributed by atoms with E-state index in [4.69, 9.17) is 9.47 Å². The Hall–Kier alpha value is -1.71. The van der Waals surface area contributed by atoms with Gasteiger partial charge in [-0.1, -0.05) is 18.9 Å². The van der Waals surface area contributed by atoms with Crippen molar-refractivity contribution >= 4 is 35.8 Å². The summed E-state index contributed by atoms with van der Waals surface area (Å²) in [6.45, 7) is 2.23. The van der Waals surface area contributed by atoms with Gasteiger partial charge in [0.25, 0.3) is 0 Å². The lowest BCUT2D eigenvalue weighted by Crippen LogP contribution is -2.45. The number of ether oxygens (including phenoxy) is 2. The van der Waals surface area contributed by atoms with Crippen molar-refractivity contribution in [2.24, 2.45) is 10.9 Å². The Bertz CT molecular complexity index is 807. The molecule has 7 nitrogen and oxygen atoms in total. The summed E-state index contributed by atoms with van der Waals surface area (Å²) in [4.78, 5) is 19.1. The van der Waals surface area contributed by atoms with E-state index in [-0.39, 0.29) is 35.9 Å². The van der Waals surface area contributed by atoms with Crippen LogP contribution in [0.15, 0.2) is 23.2 Å². The van der Waals surface area contributed by atoms with Crippen LogP contribution in [0.4, 0.5) is 0 Å². The summed E-state index contributed by atoms with van der Waals surface area (Å²) in [6.07, 6.45) is 10.5. The van der Waals surface area contributed by atoms with Crippen LogP contribution in [0.3, 0.4) is 0 Å². The molecule has 2 saturated carbocycles. The van der Waals surface area contributed by atoms with Crippen LogP contribution >= 0.6 is 24.0 Å². The largest absolute Gasteiger partial charge is 0.493 e. The minimum atomic E-state index is 0. The molecule has 1 unspecified atom stereocenters. The number of methoxy groups -OCH3 is 1. The topological polar surface area (TPSA) is 75.2 Å². The third kappa shape index (κ3) is 6.90. The molecule has 1 aliphatic heterocycles. The summed E-state index contributed by atoms with van der Waals surface area (Å²) in [5.74, 6) is 2.96. The molecule has 8 heteroatoms. The SMILES string of the molecule is CN=C(NCc1ccc(OC2CCCC2)c(OC)c1)NC1CCN(C(=O)C2CCCC2)C1.I. The van der Waals surface area contributed by atoms with Gasteiger partial charge in [0, 0.05) is 38.6 Å². The predicted molar refractivity (Wildman–Crippen MR) is 142 cm³/mol. The molecule has 0 spiro atoms. The van der Waals surface area contributed by atoms with Crippen LogP contribution in [-0.4, -0.2) is 56.2 Å². The zero-order valence-electron chi connectivity index (χ0n) is 20.0. The summed E-state index contributed by atoms with van der Waals surface area (Å²) in [7, 11) is 3.47. The van der Waals surface area contributed by atoms with Crippen LogP contribution < -0.4 is 20.1 Å². The summed E-state index contributed by atoms with van der Waals surface area (Å²) in [5, 5.41) is 6.88. The van der Waals surface area contributed by atoms with E-state index < -0.39 is 0 Å². The van der Waals surface area contributed by atoms with Crippen molar-refractivity contribution in [1.82, 2.24) is 15.5 Å². The highest BCUT2D eigenvalue weighted by Gasteiger charge is 2.32. The van der Waals surface area contributed by atoms with Crippen molar-refractivity contribution in [2.75, 3.05) is 27.2 Å². The Kier molecular flexibility index (Phi) is 9.94. The molecule has 3 aliphatic rings. The van der Waals surface area contributed by atoms with E-state index in [2.05, 4.69) is 21.7 Å². The number of rotatable bonds is 7. The van der Waals surface area contributed by atoms with E-state index in [1.54, 1.807) is 14.2 Å². The number of likely N-dealkylation sites (tertiary alicyclic amines) is 1. The lowest BCUT2D eigenvalue weighted by molar-refractivity contribution is -0.134. The van der Waals surface area contributed by atoms with Crippen molar-refractivity contribution in [3.8, 4) is 11.5 Å². The van der Waals surface area contributed by atoms with Crippen molar-refractivity contribution in [2.45, 2.75) is 76.5 Å². The number of benzene rings is 1. The fraction of sp³-hybridized carbons (Fsp3) is 0.680. The Balaban J connectivity index is 0.00000306. The van der Waals surface area contributed by atoms with Gasteiger partial charge in [-0.25, -0.2) is 0 Å². The van der Waals surface area contributed by atoms with Crippen molar-refractivity contribution in [3.63, 3.8) is 0 Å². The number of halogens is 1. The number of hydrogen-bond donors (Lipinski definition) is 2. The van der Waals surface area contributed by atoms with E-state index in [0.717, 1.165) is 68.2 Å². The molecule has 0 bridgehead atoms. The molecule has 4 rings (SSSR count). The minimum Gasteiger partial charge on any atom is -0.493 e. The van der Waals surface area contributed by atoms with Gasteiger partial charge in [0.05, 0.1) is 13.2 Å². The summed E-state index contributed by atoms with van der Waals surface area (Å²) in [5.41, 5.74) is 1.10. The second-order valence-electron chi connectivity index (χ2n) is 9.33. The first-order valence-electron chi connectivity index (χ1n) is 12.3. The van der Waals surface area contributed by atoms with Gasteiger partial charge in [0.15, 0.2) is 17.5 Å². The van der Waals surface area contributed by atoms with E-state index >= 15 is 0 Å². The highest BCUT2D eigenvalue weighted by Crippen LogP contribution is 2.32. The van der Waals surface area contributed by atoms with E-state index in [1.807, 2.05) is 17.0 Å². The average Bonchev–Trinajstić information content (AvgIpc) is 3.60. The van der Waals surface area contributed by atoms with Crippen LogP contribution in [-0.2, 0) is 11.3 Å². The molecule has 0 radical (unpaired) electrons. The average molecular weight is 571 g/mol. The summed E-state index contributed by atoms with van der Waals surface area (Å²) < 4.78 is 11.7. The Labute approximate surface area is 215 Å². The fourth-order valence-electron chi connectivity index (χ4n) is 5.19. The minimum absolute atomic E-state index is 0. The van der Waals surface area contributed by atoms with E-state index in [0.29, 0.717) is 18.6 Å². The monoisotopic (exact) mass is 570 g/mol. The second-order valence-corrected chi connectivity index (χ2v) is 9.33. The zero-order valence-corrected chi connectivity index (χ0v) is 22.3. The lowest BCUT2D eigenvalue weighted by Gasteiger charge is -2.21. The molecule has 184 valence electrons. The van der Waals surface area contributed by atoms with Crippen LogP contribution in [0.25, 0.3) is 0 Å². The number of hydrogen-bond acceptors (Lipinski definition) is 4. The molecular weight excluding hydrogens is 531 g/mol. The standard InChI is InChI=1S/C25H38N4O3.HI/c1-26-25(28-20-13-14-29(17-20)24(30)19-7-3-4-8-19)27-16-18-11-12-22(23(15-18)31-2)32-21-9-5-6-10-21;/h11-12,15,19-21H,3-10,13-14,16-17H2,1-2H3,(H2,26,27,28);1H. The van der Waals surface area contributed by atoms with Gasteiger partial charge >= 0.3 is 0 Å². The van der Waals surface area contributed by atoms with Crippen molar-refractivity contribution in [1.29, 1.82) is 0 Å². The zero-order chi connectivity index (χ0) is 22.3. The summed E-state index contributed by atoms with van der Waals surface area (Å²) >= 11 is 0. The molecule has 1 aromatic carbocycles. The molecule has 0 aromatic heterocycles. The van der Waals surface area contributed by atoms with Crippen LogP contribution in [0, 0.1) is 5.92 Å². The highest BCUT2D eigenvalue weighted by molar-refractivity contribution is 14.0. The first-order valence-corrected chi connectivity index (χ1v) is 12.3. The number of nitrogens with one attached hydrogen (secondary N) is 2. The third-order valence-electron chi connectivity index (χ3n) is 7.05. The van der Waals surface area contributed by atoms with Gasteiger partial charge in [0.1, 0.15) is 0 Å². The highest BCUT2D eigenvalue weighted by atomic mass is 127. The summed E-state index contributed by atoms with van der Waals surface area (Å²) in [6, 6.07) is 6.35. The maximum atomic E-state index is 12.7. The molecule has 1 saturated heterocycles. The number of nitrogens with zero attached hydrogens (tertiary/aromatic N) is 2. The van der Waals surface area contributed by atoms with Crippen molar-refractivity contribution < 1.29 is 14.3 Å². The molecule has 33 heavy (non-hydrogen) atoms. The van der Waals surface area contributed by atoms with E-state index in [1.165, 1.54) is 25.7 Å². The maximum Gasteiger partial charge on any atom is 0.225 e. The smallest absolute Gasteiger partial charge is 0.225 e. The molecule has 1 aromatic rings. The normalized spacial score (nSPS) is 21.7. The Morgan fingerprint density at radius 3 is 2.52 bits per heavy atom. The first-order chi connectivity index (χ1) is 15.7. The predicted octanol–water partition coefficient (Wildman–Crippen LogP) is 4.09. The molecule has 1 heterocycles. The number of carbonyl (C=O) groups is 1. The first kappa shape index (κ1) is 25.9. The molecule has 2 aliphatic carbocycles. The quantitative estimate of drug-likeness (QED) is 0.294.